The molecule has 1 unspecified atom stereocenters. The van der Waals surface area contributed by atoms with Gasteiger partial charge in [-0.2, -0.15) is 13.2 Å². The summed E-state index contributed by atoms with van der Waals surface area (Å²) in [5, 5.41) is 0. The minimum Gasteiger partial charge on any atom is -0.257 e. The first kappa shape index (κ1) is 6.82. The highest BCUT2D eigenvalue weighted by Gasteiger charge is 2.40. The molecule has 2 nitrogen and oxygen atoms in total. The Labute approximate surface area is 50.4 Å². The molecular weight excluding hydrogens is 133 g/mol. The SMILES string of the molecule is FC(F)(F)C1CCNN1. The zero-order valence-electron chi connectivity index (χ0n) is 4.63. The zero-order chi connectivity index (χ0) is 6.91. The highest BCUT2D eigenvalue weighted by Crippen LogP contribution is 2.23. The lowest BCUT2D eigenvalue weighted by atomic mass is 10.2. The van der Waals surface area contributed by atoms with Crippen LogP contribution < -0.4 is 10.9 Å². The molecule has 1 atom stereocenters. The van der Waals surface area contributed by atoms with Gasteiger partial charge in [-0.3, -0.25) is 5.43 Å². The maximum absolute atomic E-state index is 11.7. The Hall–Kier alpha value is -0.290. The van der Waals surface area contributed by atoms with Gasteiger partial charge in [-0.25, -0.2) is 5.43 Å². The number of hydrogen-bond donors (Lipinski definition) is 2. The van der Waals surface area contributed by atoms with Crippen LogP contribution >= 0.6 is 0 Å². The van der Waals surface area contributed by atoms with Crippen LogP contribution in [0.5, 0.6) is 0 Å². The van der Waals surface area contributed by atoms with Crippen LogP contribution in [0.3, 0.4) is 0 Å². The van der Waals surface area contributed by atoms with E-state index >= 15 is 0 Å². The Balaban J connectivity index is 2.42. The van der Waals surface area contributed by atoms with Gasteiger partial charge in [0.05, 0.1) is 0 Å². The van der Waals surface area contributed by atoms with Gasteiger partial charge < -0.3 is 0 Å². The van der Waals surface area contributed by atoms with Gasteiger partial charge in [0, 0.05) is 6.54 Å². The Morgan fingerprint density at radius 3 is 2.22 bits per heavy atom. The molecule has 1 fully saturated rings. The van der Waals surface area contributed by atoms with Gasteiger partial charge in [-0.15, -0.1) is 0 Å². The minimum absolute atomic E-state index is 0.128. The third-order valence-corrected chi connectivity index (χ3v) is 1.23. The average molecular weight is 140 g/mol. The van der Waals surface area contributed by atoms with Crippen molar-refractivity contribution in [2.75, 3.05) is 6.54 Å². The predicted molar refractivity (Wildman–Crippen MR) is 25.6 cm³/mol. The van der Waals surface area contributed by atoms with E-state index in [0.29, 0.717) is 6.54 Å². The molecule has 1 aliphatic heterocycles. The van der Waals surface area contributed by atoms with Gasteiger partial charge in [-0.1, -0.05) is 0 Å². The lowest BCUT2D eigenvalue weighted by Crippen LogP contribution is -2.40. The van der Waals surface area contributed by atoms with E-state index in [4.69, 9.17) is 0 Å². The first-order chi connectivity index (χ1) is 4.11. The van der Waals surface area contributed by atoms with Crippen molar-refractivity contribution in [1.29, 1.82) is 0 Å². The van der Waals surface area contributed by atoms with Gasteiger partial charge >= 0.3 is 6.18 Å². The summed E-state index contributed by atoms with van der Waals surface area (Å²) in [7, 11) is 0. The molecule has 0 bridgehead atoms. The van der Waals surface area contributed by atoms with Crippen LogP contribution in [0.2, 0.25) is 0 Å². The molecule has 0 spiro atoms. The fraction of sp³-hybridized carbons (Fsp3) is 1.00. The highest BCUT2D eigenvalue weighted by atomic mass is 19.4. The second-order valence-electron chi connectivity index (χ2n) is 1.95. The molecule has 5 heteroatoms. The molecular formula is C4H7F3N2. The van der Waals surface area contributed by atoms with E-state index in [1.807, 2.05) is 0 Å². The van der Waals surface area contributed by atoms with Gasteiger partial charge in [0.1, 0.15) is 6.04 Å². The standard InChI is InChI=1S/C4H7F3N2/c5-4(6,7)3-1-2-8-9-3/h3,8-9H,1-2H2. The molecule has 0 aromatic heterocycles. The van der Waals surface area contributed by atoms with Crippen molar-refractivity contribution in [2.45, 2.75) is 18.6 Å². The molecule has 54 valence electrons. The van der Waals surface area contributed by atoms with Crippen LogP contribution in [0.25, 0.3) is 0 Å². The quantitative estimate of drug-likeness (QED) is 0.509. The summed E-state index contributed by atoms with van der Waals surface area (Å²) in [5.74, 6) is 0. The Morgan fingerprint density at radius 2 is 2.00 bits per heavy atom. The third kappa shape index (κ3) is 1.56. The normalized spacial score (nSPS) is 29.0. The first-order valence-electron chi connectivity index (χ1n) is 2.66. The van der Waals surface area contributed by atoms with E-state index in [-0.39, 0.29) is 6.42 Å². The lowest BCUT2D eigenvalue weighted by Gasteiger charge is -2.12. The summed E-state index contributed by atoms with van der Waals surface area (Å²) in [6.45, 7) is 0.393. The molecule has 0 aliphatic carbocycles. The zero-order valence-corrected chi connectivity index (χ0v) is 4.63. The monoisotopic (exact) mass is 140 g/mol. The summed E-state index contributed by atoms with van der Waals surface area (Å²) in [4.78, 5) is 0. The van der Waals surface area contributed by atoms with Crippen LogP contribution in [0, 0.1) is 0 Å². The number of halogens is 3. The van der Waals surface area contributed by atoms with Gasteiger partial charge in [-0.05, 0) is 6.42 Å². The van der Waals surface area contributed by atoms with Gasteiger partial charge in [0.25, 0.3) is 0 Å². The second kappa shape index (κ2) is 2.15. The molecule has 1 rings (SSSR count). The summed E-state index contributed by atoms with van der Waals surface area (Å²) in [5.41, 5.74) is 4.53. The molecule has 1 aliphatic rings. The summed E-state index contributed by atoms with van der Waals surface area (Å²) in [6, 6.07) is -1.35. The molecule has 2 N–H and O–H groups in total. The summed E-state index contributed by atoms with van der Waals surface area (Å²) in [6.07, 6.45) is -3.97. The van der Waals surface area contributed by atoms with Crippen LogP contribution in [0.1, 0.15) is 6.42 Å². The smallest absolute Gasteiger partial charge is 0.257 e. The Kier molecular flexibility index (Phi) is 1.63. The van der Waals surface area contributed by atoms with Crippen molar-refractivity contribution < 1.29 is 13.2 Å². The number of nitrogens with one attached hydrogen (secondary N) is 2. The molecule has 0 aromatic carbocycles. The number of hydrogen-bond acceptors (Lipinski definition) is 2. The summed E-state index contributed by atoms with van der Waals surface area (Å²) >= 11 is 0. The highest BCUT2D eigenvalue weighted by molar-refractivity contribution is 4.78. The van der Waals surface area contributed by atoms with Crippen LogP contribution in [0.4, 0.5) is 13.2 Å². The van der Waals surface area contributed by atoms with Gasteiger partial charge in [0.15, 0.2) is 0 Å². The van der Waals surface area contributed by atoms with Crippen molar-refractivity contribution in [3.05, 3.63) is 0 Å². The molecule has 0 aromatic rings. The predicted octanol–water partition coefficient (Wildman–Crippen LogP) is 0.415. The topological polar surface area (TPSA) is 24.1 Å². The van der Waals surface area contributed by atoms with Crippen LogP contribution in [-0.4, -0.2) is 18.8 Å². The number of alkyl halides is 3. The Bertz CT molecular complexity index is 94.5. The van der Waals surface area contributed by atoms with Crippen molar-refractivity contribution in [2.24, 2.45) is 0 Å². The van der Waals surface area contributed by atoms with Gasteiger partial charge in [0.2, 0.25) is 0 Å². The first-order valence-corrected chi connectivity index (χ1v) is 2.66. The largest absolute Gasteiger partial charge is 0.405 e. The molecule has 0 amide bonds. The van der Waals surface area contributed by atoms with E-state index in [1.54, 1.807) is 0 Å². The van der Waals surface area contributed by atoms with Crippen LogP contribution in [-0.2, 0) is 0 Å². The molecule has 0 saturated carbocycles. The van der Waals surface area contributed by atoms with E-state index < -0.39 is 12.2 Å². The summed E-state index contributed by atoms with van der Waals surface area (Å²) < 4.78 is 35.0. The molecule has 9 heavy (non-hydrogen) atoms. The van der Waals surface area contributed by atoms with Crippen molar-refractivity contribution in [3.8, 4) is 0 Å². The van der Waals surface area contributed by atoms with E-state index in [1.165, 1.54) is 0 Å². The maximum Gasteiger partial charge on any atom is 0.405 e. The maximum atomic E-state index is 11.7. The molecule has 1 heterocycles. The molecule has 0 radical (unpaired) electrons. The van der Waals surface area contributed by atoms with Crippen molar-refractivity contribution in [3.63, 3.8) is 0 Å². The van der Waals surface area contributed by atoms with E-state index in [2.05, 4.69) is 10.9 Å². The minimum atomic E-state index is -4.09. The fourth-order valence-electron chi connectivity index (χ4n) is 0.730. The fourth-order valence-corrected chi connectivity index (χ4v) is 0.730. The second-order valence-corrected chi connectivity index (χ2v) is 1.95. The van der Waals surface area contributed by atoms with E-state index in [0.717, 1.165) is 0 Å². The Morgan fingerprint density at radius 1 is 1.33 bits per heavy atom. The third-order valence-electron chi connectivity index (χ3n) is 1.23. The number of rotatable bonds is 0. The lowest BCUT2D eigenvalue weighted by molar-refractivity contribution is -0.152. The van der Waals surface area contributed by atoms with Crippen molar-refractivity contribution >= 4 is 0 Å². The van der Waals surface area contributed by atoms with Crippen LogP contribution in [0.15, 0.2) is 0 Å². The average Bonchev–Trinajstić information content (AvgIpc) is 2.08. The number of hydrazine groups is 1. The molecule has 1 saturated heterocycles. The van der Waals surface area contributed by atoms with Crippen molar-refractivity contribution in [1.82, 2.24) is 10.9 Å². The van der Waals surface area contributed by atoms with E-state index in [9.17, 15) is 13.2 Å².